The summed E-state index contributed by atoms with van der Waals surface area (Å²) in [6.07, 6.45) is 1.71. The molecule has 1 amide bonds. The van der Waals surface area contributed by atoms with Crippen LogP contribution in [-0.4, -0.2) is 31.7 Å². The van der Waals surface area contributed by atoms with Crippen molar-refractivity contribution in [2.24, 2.45) is 0 Å². The number of nitrogens with zero attached hydrogens (tertiary/aromatic N) is 2. The molecule has 174 valence electrons. The summed E-state index contributed by atoms with van der Waals surface area (Å²) in [5.74, 6) is -1.21. The fraction of sp³-hybridized carbons (Fsp3) is 0.160. The summed E-state index contributed by atoms with van der Waals surface area (Å²) in [4.78, 5) is 13.3. The van der Waals surface area contributed by atoms with Gasteiger partial charge in [0.25, 0.3) is 5.91 Å². The number of sulfonamides is 1. The van der Waals surface area contributed by atoms with Crippen molar-refractivity contribution in [1.82, 2.24) is 4.57 Å². The number of benzene rings is 3. The minimum Gasteiger partial charge on any atom is -0.332 e. The second-order valence-corrected chi connectivity index (χ2v) is 10.2. The van der Waals surface area contributed by atoms with Gasteiger partial charge in [-0.1, -0.05) is 12.1 Å². The Bertz CT molecular complexity index is 1550. The summed E-state index contributed by atoms with van der Waals surface area (Å²) < 4.78 is 54.6. The smallest absolute Gasteiger partial charge is 0.272 e. The lowest BCUT2D eigenvalue weighted by Crippen LogP contribution is -2.27. The molecule has 0 fully saturated rings. The van der Waals surface area contributed by atoms with Crippen molar-refractivity contribution in [3.8, 4) is 0 Å². The topological polar surface area (TPSA) is 71.4 Å². The molecule has 1 aliphatic rings. The summed E-state index contributed by atoms with van der Waals surface area (Å²) >= 11 is 0. The SMILES string of the molecule is CS(=O)(=O)N1CCc2cc(NC(=O)c3cc4cc(F)ccc4n3Cc3cccc(F)c3)ccc21. The van der Waals surface area contributed by atoms with Gasteiger partial charge in [0.05, 0.1) is 11.9 Å². The third-order valence-corrected chi connectivity index (χ3v) is 7.10. The van der Waals surface area contributed by atoms with E-state index in [1.807, 2.05) is 0 Å². The number of carbonyl (C=O) groups is 1. The van der Waals surface area contributed by atoms with Gasteiger partial charge in [0, 0.05) is 29.7 Å². The molecule has 4 aromatic rings. The van der Waals surface area contributed by atoms with Crippen molar-refractivity contribution in [1.29, 1.82) is 0 Å². The Morgan fingerprint density at radius 2 is 1.79 bits per heavy atom. The first kappa shape index (κ1) is 22.1. The van der Waals surface area contributed by atoms with Crippen molar-refractivity contribution < 1.29 is 22.0 Å². The van der Waals surface area contributed by atoms with Crippen LogP contribution in [-0.2, 0) is 23.0 Å². The molecule has 0 bridgehead atoms. The molecule has 3 aromatic carbocycles. The van der Waals surface area contributed by atoms with Crippen LogP contribution in [0.2, 0.25) is 0 Å². The van der Waals surface area contributed by atoms with Gasteiger partial charge in [-0.25, -0.2) is 17.2 Å². The van der Waals surface area contributed by atoms with E-state index in [4.69, 9.17) is 0 Å². The zero-order valence-electron chi connectivity index (χ0n) is 18.3. The Morgan fingerprint density at radius 3 is 2.56 bits per heavy atom. The Balaban J connectivity index is 1.49. The fourth-order valence-corrected chi connectivity index (χ4v) is 5.37. The molecule has 0 spiro atoms. The molecule has 1 N–H and O–H groups in total. The monoisotopic (exact) mass is 481 g/mol. The molecule has 6 nitrogen and oxygen atoms in total. The van der Waals surface area contributed by atoms with Crippen molar-refractivity contribution in [2.45, 2.75) is 13.0 Å². The van der Waals surface area contributed by atoms with E-state index in [0.29, 0.717) is 46.5 Å². The highest BCUT2D eigenvalue weighted by Crippen LogP contribution is 2.32. The van der Waals surface area contributed by atoms with E-state index in [1.165, 1.54) is 28.6 Å². The molecule has 1 aromatic heterocycles. The molecule has 0 atom stereocenters. The Hall–Kier alpha value is -3.72. The van der Waals surface area contributed by atoms with Crippen molar-refractivity contribution in [2.75, 3.05) is 22.4 Å². The minimum absolute atomic E-state index is 0.225. The average Bonchev–Trinajstić information content (AvgIpc) is 3.35. The maximum Gasteiger partial charge on any atom is 0.272 e. The van der Waals surface area contributed by atoms with E-state index >= 15 is 0 Å². The largest absolute Gasteiger partial charge is 0.332 e. The van der Waals surface area contributed by atoms with Crippen LogP contribution in [0, 0.1) is 11.6 Å². The highest BCUT2D eigenvalue weighted by Gasteiger charge is 2.26. The first-order valence-corrected chi connectivity index (χ1v) is 12.5. The number of carbonyl (C=O) groups excluding carboxylic acids is 1. The normalized spacial score (nSPS) is 13.3. The van der Waals surface area contributed by atoms with Crippen molar-refractivity contribution in [3.63, 3.8) is 0 Å². The van der Waals surface area contributed by atoms with Crippen LogP contribution < -0.4 is 9.62 Å². The summed E-state index contributed by atoms with van der Waals surface area (Å²) in [7, 11) is -3.37. The van der Waals surface area contributed by atoms with E-state index in [9.17, 15) is 22.0 Å². The standard InChI is InChI=1S/C25H21F2N3O3S/c1-34(32,33)30-10-9-17-13-21(6-8-23(17)30)28-25(31)24-14-18-12-20(27)5-7-22(18)29(24)15-16-3-2-4-19(26)11-16/h2-8,11-14H,9-10,15H2,1H3,(H,28,31). The van der Waals surface area contributed by atoms with Crippen LogP contribution in [0.1, 0.15) is 21.6 Å². The second kappa shape index (κ2) is 8.25. The molecule has 34 heavy (non-hydrogen) atoms. The number of hydrogen-bond acceptors (Lipinski definition) is 3. The zero-order chi connectivity index (χ0) is 24.0. The van der Waals surface area contributed by atoms with Gasteiger partial charge in [-0.15, -0.1) is 0 Å². The summed E-state index contributed by atoms with van der Waals surface area (Å²) in [5.41, 5.74) is 3.56. The maximum absolute atomic E-state index is 13.8. The number of rotatable bonds is 5. The molecular formula is C25H21F2N3O3S. The highest BCUT2D eigenvalue weighted by atomic mass is 32.2. The Kier molecular flexibility index (Phi) is 5.36. The van der Waals surface area contributed by atoms with Crippen molar-refractivity contribution >= 4 is 38.2 Å². The third kappa shape index (κ3) is 4.14. The number of aromatic nitrogens is 1. The van der Waals surface area contributed by atoms with E-state index in [-0.39, 0.29) is 12.4 Å². The maximum atomic E-state index is 13.8. The molecule has 0 saturated carbocycles. The van der Waals surface area contributed by atoms with Gasteiger partial charge >= 0.3 is 0 Å². The first-order valence-electron chi connectivity index (χ1n) is 10.6. The minimum atomic E-state index is -3.37. The van der Waals surface area contributed by atoms with Gasteiger partial charge in [0.2, 0.25) is 10.0 Å². The molecule has 0 radical (unpaired) electrons. The molecule has 0 unspecified atom stereocenters. The lowest BCUT2D eigenvalue weighted by atomic mass is 10.1. The molecule has 1 aliphatic heterocycles. The van der Waals surface area contributed by atoms with Crippen LogP contribution in [0.15, 0.2) is 66.7 Å². The summed E-state index contributed by atoms with van der Waals surface area (Å²) in [6.45, 7) is 0.585. The quantitative estimate of drug-likeness (QED) is 0.455. The molecule has 9 heteroatoms. The van der Waals surface area contributed by atoms with Gasteiger partial charge in [-0.2, -0.15) is 0 Å². The number of nitrogens with one attached hydrogen (secondary N) is 1. The second-order valence-electron chi connectivity index (χ2n) is 8.33. The average molecular weight is 482 g/mol. The lowest BCUT2D eigenvalue weighted by molar-refractivity contribution is 0.101. The van der Waals surface area contributed by atoms with Crippen molar-refractivity contribution in [3.05, 3.63) is 95.2 Å². The van der Waals surface area contributed by atoms with Crippen LogP contribution in [0.3, 0.4) is 0 Å². The predicted octanol–water partition coefficient (Wildman–Crippen LogP) is 4.54. The van der Waals surface area contributed by atoms with Gasteiger partial charge in [0.1, 0.15) is 17.3 Å². The number of fused-ring (bicyclic) bond motifs is 2. The Labute approximate surface area is 195 Å². The third-order valence-electron chi connectivity index (χ3n) is 5.92. The highest BCUT2D eigenvalue weighted by molar-refractivity contribution is 7.92. The van der Waals surface area contributed by atoms with E-state index in [2.05, 4.69) is 5.32 Å². The lowest BCUT2D eigenvalue weighted by Gasteiger charge is -2.17. The van der Waals surface area contributed by atoms with Crippen LogP contribution in [0.4, 0.5) is 20.2 Å². The molecule has 2 heterocycles. The van der Waals surface area contributed by atoms with Gasteiger partial charge in [-0.05, 0) is 72.1 Å². The first-order chi connectivity index (χ1) is 16.2. The predicted molar refractivity (Wildman–Crippen MR) is 128 cm³/mol. The van der Waals surface area contributed by atoms with Gasteiger partial charge in [0.15, 0.2) is 0 Å². The van der Waals surface area contributed by atoms with E-state index < -0.39 is 21.7 Å². The number of hydrogen-bond donors (Lipinski definition) is 1. The number of halogens is 2. The molecule has 5 rings (SSSR count). The molecule has 0 saturated heterocycles. The Morgan fingerprint density at radius 1 is 1.00 bits per heavy atom. The zero-order valence-corrected chi connectivity index (χ0v) is 19.1. The van der Waals surface area contributed by atoms with E-state index in [1.54, 1.807) is 47.0 Å². The van der Waals surface area contributed by atoms with Gasteiger partial charge in [-0.3, -0.25) is 9.10 Å². The molecular weight excluding hydrogens is 460 g/mol. The van der Waals surface area contributed by atoms with Crippen LogP contribution in [0.25, 0.3) is 10.9 Å². The molecule has 0 aliphatic carbocycles. The van der Waals surface area contributed by atoms with Crippen LogP contribution in [0.5, 0.6) is 0 Å². The van der Waals surface area contributed by atoms with Crippen LogP contribution >= 0.6 is 0 Å². The summed E-state index contributed by atoms with van der Waals surface area (Å²) in [6, 6.07) is 17.1. The van der Waals surface area contributed by atoms with Gasteiger partial charge < -0.3 is 9.88 Å². The van der Waals surface area contributed by atoms with E-state index in [0.717, 1.165) is 11.8 Å². The number of anilines is 2. The summed E-state index contributed by atoms with van der Waals surface area (Å²) in [5, 5.41) is 3.41. The number of amides is 1. The fourth-order valence-electron chi connectivity index (χ4n) is 4.41.